The Morgan fingerprint density at radius 3 is 1.26 bits per heavy atom. The molecular formula is C25H40N3Y11-. The first kappa shape index (κ1) is 74.5. The fraction of sp³-hybridized carbons (Fsp3) is 0.640. The summed E-state index contributed by atoms with van der Waals surface area (Å²) in [6, 6.07) is 0. The molecule has 1 aromatic heterocycles. The molecule has 11 radical (unpaired) electrons. The van der Waals surface area contributed by atoms with E-state index in [9.17, 15) is 0 Å². The van der Waals surface area contributed by atoms with Crippen molar-refractivity contribution in [2.45, 2.75) is 106 Å². The summed E-state index contributed by atoms with van der Waals surface area (Å²) < 4.78 is 1.91. The minimum absolute atomic E-state index is 0. The molecule has 14 heteroatoms. The smallest absolute Gasteiger partial charge is 0.0516 e. The average molecular weight is 1360 g/mol. The molecule has 0 spiro atoms. The van der Waals surface area contributed by atoms with Crippen molar-refractivity contribution < 1.29 is 360 Å². The molecule has 0 fully saturated rings. The Bertz CT molecular complexity index is 775. The van der Waals surface area contributed by atoms with Gasteiger partial charge in [-0.05, 0) is 68.3 Å². The first-order valence-electron chi connectivity index (χ1n) is 11.2. The van der Waals surface area contributed by atoms with Crippen molar-refractivity contribution in [3.05, 3.63) is 39.6 Å². The number of hydrogen-bond donors (Lipinski definition) is 1. The average Bonchev–Trinajstić information content (AvgIpc) is 3.04. The first-order chi connectivity index (χ1) is 13.4. The Balaban J connectivity index is -0.0000000956. The van der Waals surface area contributed by atoms with Gasteiger partial charge >= 0.3 is 0 Å². The predicted molar refractivity (Wildman–Crippen MR) is 121 cm³/mol. The Hall–Kier alpha value is 10.4. The number of nitrogens with two attached hydrogens (primary N) is 1. The zero-order chi connectivity index (χ0) is 20.7. The molecule has 0 aliphatic rings. The Labute approximate surface area is 517 Å². The standard InChI is InChI=1S/C25H40N3.11Y/c1-7-8-9-10-11-12-13-14-15-16-23-17-27-28(25(23)26)24-21(5)19(3)18(2)20(4)22(24)6;;;;;;;;;;;/h7-16,26H2,1-6H3;;;;;;;;;;;/q-1;;;;;;;;;;;. The Kier molecular flexibility index (Phi) is 85.1. The molecule has 0 atom stereocenters. The van der Waals surface area contributed by atoms with Gasteiger partial charge in [0, 0.05) is 360 Å². The normalized spacial score (nSPS) is 8.15. The van der Waals surface area contributed by atoms with E-state index in [0.29, 0.717) is 0 Å². The molecule has 2 rings (SSSR count). The van der Waals surface area contributed by atoms with Gasteiger partial charge in [-0.25, -0.2) is 0 Å². The van der Waals surface area contributed by atoms with Gasteiger partial charge in [0.25, 0.3) is 0 Å². The number of rotatable bonds is 11. The van der Waals surface area contributed by atoms with Crippen LogP contribution >= 0.6 is 0 Å². The van der Waals surface area contributed by atoms with E-state index in [1.807, 2.05) is 4.68 Å². The zero-order valence-electron chi connectivity index (χ0n) is 25.4. The predicted octanol–water partition coefficient (Wildman–Crippen LogP) is 6.84. The van der Waals surface area contributed by atoms with Gasteiger partial charge in [0.05, 0.1) is 5.69 Å². The monoisotopic (exact) mass is 1360 g/mol. The summed E-state index contributed by atoms with van der Waals surface area (Å²) in [6.45, 7) is 13.2. The second-order valence-corrected chi connectivity index (χ2v) is 8.44. The minimum atomic E-state index is 0. The van der Waals surface area contributed by atoms with Crippen LogP contribution in [0.25, 0.3) is 5.69 Å². The first-order valence-corrected chi connectivity index (χ1v) is 11.2. The van der Waals surface area contributed by atoms with Crippen molar-refractivity contribution in [3.63, 3.8) is 0 Å². The summed E-state index contributed by atoms with van der Waals surface area (Å²) in [6.07, 6.45) is 16.2. The van der Waals surface area contributed by atoms with Gasteiger partial charge in [0.1, 0.15) is 0 Å². The van der Waals surface area contributed by atoms with Crippen molar-refractivity contribution in [3.8, 4) is 5.69 Å². The molecule has 2 N–H and O–H groups in total. The number of aryl methyl sites for hydroxylation is 1. The Morgan fingerprint density at radius 2 is 0.872 bits per heavy atom. The molecule has 0 saturated heterocycles. The summed E-state index contributed by atoms with van der Waals surface area (Å²) in [5.41, 5.74) is 15.2. The van der Waals surface area contributed by atoms with Crippen molar-refractivity contribution >= 4 is 5.82 Å². The van der Waals surface area contributed by atoms with E-state index in [0.717, 1.165) is 23.5 Å². The molecule has 0 unspecified atom stereocenters. The maximum atomic E-state index is 6.49. The molecule has 2 aromatic rings. The SMILES string of the molecule is CCCCCCCCCCCc1[c-]nn(-c2c(C)c(C)c(C)c(C)c2C)c1N.[Y].[Y].[Y].[Y].[Y].[Y].[Y].[Y].[Y].[Y].[Y]. The van der Waals surface area contributed by atoms with E-state index >= 15 is 0 Å². The molecule has 189 valence electrons. The third kappa shape index (κ3) is 26.7. The third-order valence-electron chi connectivity index (χ3n) is 6.52. The maximum Gasteiger partial charge on any atom is 0.0516 e. The number of aromatic nitrogens is 2. The van der Waals surface area contributed by atoms with E-state index in [1.165, 1.54) is 85.6 Å². The van der Waals surface area contributed by atoms with Gasteiger partial charge in [-0.2, -0.15) is 5.56 Å². The second-order valence-electron chi connectivity index (χ2n) is 8.44. The zero-order valence-corrected chi connectivity index (χ0v) is 56.6. The van der Waals surface area contributed by atoms with Crippen LogP contribution in [-0.4, -0.2) is 9.78 Å². The van der Waals surface area contributed by atoms with Gasteiger partial charge in [-0.1, -0.05) is 71.1 Å². The number of nitrogens with zero attached hydrogens (tertiary/aromatic N) is 2. The number of hydrogen-bond acceptors (Lipinski definition) is 2. The number of benzene rings is 1. The van der Waals surface area contributed by atoms with Crippen LogP contribution in [0, 0.1) is 40.8 Å². The Morgan fingerprint density at radius 1 is 0.538 bits per heavy atom. The van der Waals surface area contributed by atoms with Gasteiger partial charge in [0.2, 0.25) is 0 Å². The van der Waals surface area contributed by atoms with Crippen LogP contribution in [0.4, 0.5) is 5.82 Å². The molecule has 0 bridgehead atoms. The number of anilines is 1. The van der Waals surface area contributed by atoms with Crippen LogP contribution in [0.15, 0.2) is 0 Å². The molecule has 1 aromatic carbocycles. The van der Waals surface area contributed by atoms with Gasteiger partial charge in [-0.15, -0.1) is 6.20 Å². The summed E-state index contributed by atoms with van der Waals surface area (Å²) in [5, 5.41) is 4.54. The van der Waals surface area contributed by atoms with Gasteiger partial charge in [-0.3, -0.25) is 5.10 Å². The molecule has 1 heterocycles. The van der Waals surface area contributed by atoms with Gasteiger partial charge < -0.3 is 10.4 Å². The summed E-state index contributed by atoms with van der Waals surface area (Å²) >= 11 is 0. The van der Waals surface area contributed by atoms with E-state index < -0.39 is 0 Å². The van der Waals surface area contributed by atoms with Gasteiger partial charge in [0.15, 0.2) is 0 Å². The second kappa shape index (κ2) is 44.5. The molecule has 0 aliphatic heterocycles. The third-order valence-corrected chi connectivity index (χ3v) is 6.52. The maximum absolute atomic E-state index is 6.49. The summed E-state index contributed by atoms with van der Waals surface area (Å²) in [5.74, 6) is 0.758. The van der Waals surface area contributed by atoms with E-state index in [-0.39, 0.29) is 360 Å². The van der Waals surface area contributed by atoms with Crippen molar-refractivity contribution in [1.82, 2.24) is 9.78 Å². The molecule has 3 nitrogen and oxygen atoms in total. The molecule has 0 amide bonds. The fourth-order valence-electron chi connectivity index (χ4n) is 4.11. The van der Waals surface area contributed by atoms with Crippen molar-refractivity contribution in [2.75, 3.05) is 5.73 Å². The number of unbranched alkanes of at least 4 members (excludes halogenated alkanes) is 8. The minimum Gasteiger partial charge on any atom is -0.460 e. The van der Waals surface area contributed by atoms with E-state index in [2.05, 4.69) is 52.8 Å². The molecule has 0 aliphatic carbocycles. The molecule has 39 heavy (non-hydrogen) atoms. The van der Waals surface area contributed by atoms with Crippen LogP contribution in [0.1, 0.15) is 98.1 Å². The van der Waals surface area contributed by atoms with Crippen LogP contribution in [0.5, 0.6) is 0 Å². The van der Waals surface area contributed by atoms with Crippen LogP contribution in [-0.2, 0) is 366 Å². The van der Waals surface area contributed by atoms with Crippen molar-refractivity contribution in [1.29, 1.82) is 0 Å². The molecule has 0 saturated carbocycles. The van der Waals surface area contributed by atoms with Crippen molar-refractivity contribution in [2.24, 2.45) is 0 Å². The van der Waals surface area contributed by atoms with Crippen LogP contribution < -0.4 is 5.73 Å². The quantitative estimate of drug-likeness (QED) is 0.198. The van der Waals surface area contributed by atoms with E-state index in [4.69, 9.17) is 5.73 Å². The largest absolute Gasteiger partial charge is 0.460 e. The number of nitrogen functional groups attached to an aromatic ring is 1. The fourth-order valence-corrected chi connectivity index (χ4v) is 4.11. The van der Waals surface area contributed by atoms with Crippen LogP contribution in [0.2, 0.25) is 0 Å². The summed E-state index contributed by atoms with van der Waals surface area (Å²) in [4.78, 5) is 0. The topological polar surface area (TPSA) is 43.8 Å². The van der Waals surface area contributed by atoms with Crippen LogP contribution in [0.3, 0.4) is 0 Å². The molecular weight excluding hydrogens is 1320 g/mol. The summed E-state index contributed by atoms with van der Waals surface area (Å²) in [7, 11) is 0. The van der Waals surface area contributed by atoms with E-state index in [1.54, 1.807) is 0 Å².